The van der Waals surface area contributed by atoms with E-state index in [-0.39, 0.29) is 0 Å². The van der Waals surface area contributed by atoms with Crippen molar-refractivity contribution in [3.63, 3.8) is 0 Å². The van der Waals surface area contributed by atoms with Gasteiger partial charge in [0.1, 0.15) is 0 Å². The summed E-state index contributed by atoms with van der Waals surface area (Å²) in [6.07, 6.45) is 17.2. The van der Waals surface area contributed by atoms with Crippen molar-refractivity contribution in [1.29, 1.82) is 0 Å². The maximum Gasteiger partial charge on any atom is -0.0103 e. The summed E-state index contributed by atoms with van der Waals surface area (Å²) in [5.74, 6) is 0. The third-order valence-corrected chi connectivity index (χ3v) is 2.32. The Hall–Kier alpha value is -1.04. The molecule has 2 radical (unpaired) electrons. The van der Waals surface area contributed by atoms with Gasteiger partial charge in [-0.1, -0.05) is 49.8 Å². The second-order valence-corrected chi connectivity index (χ2v) is 3.47. The Morgan fingerprint density at radius 1 is 1.44 bits per heavy atom. The minimum absolute atomic E-state index is 0.900. The Labute approximate surface area is 101 Å². The van der Waals surface area contributed by atoms with Gasteiger partial charge >= 0.3 is 0 Å². The Morgan fingerprint density at radius 2 is 2.19 bits per heavy atom. The van der Waals surface area contributed by atoms with Crippen molar-refractivity contribution in [1.82, 2.24) is 0 Å². The molecule has 0 nitrogen and oxygen atoms in total. The van der Waals surface area contributed by atoms with Crippen LogP contribution in [0.25, 0.3) is 0 Å². The van der Waals surface area contributed by atoms with Crippen LogP contribution in [-0.2, 0) is 0 Å². The van der Waals surface area contributed by atoms with Crippen LogP contribution in [0.2, 0.25) is 0 Å². The molecular formula is C16H24. The molecule has 0 bridgehead atoms. The molecule has 1 aliphatic carbocycles. The molecule has 0 atom stereocenters. The zero-order valence-electron chi connectivity index (χ0n) is 10.7. The van der Waals surface area contributed by atoms with Gasteiger partial charge in [0.25, 0.3) is 0 Å². The molecular weight excluding hydrogens is 192 g/mol. The molecule has 0 unspecified atom stereocenters. The zero-order valence-corrected chi connectivity index (χ0v) is 10.7. The van der Waals surface area contributed by atoms with Crippen LogP contribution in [0.5, 0.6) is 0 Å². The van der Waals surface area contributed by atoms with E-state index >= 15 is 0 Å². The van der Waals surface area contributed by atoms with Crippen molar-refractivity contribution in [2.24, 2.45) is 0 Å². The summed E-state index contributed by atoms with van der Waals surface area (Å²) >= 11 is 0. The van der Waals surface area contributed by atoms with Crippen molar-refractivity contribution in [3.8, 4) is 0 Å². The molecule has 1 aliphatic rings. The van der Waals surface area contributed by atoms with E-state index in [4.69, 9.17) is 0 Å². The van der Waals surface area contributed by atoms with E-state index in [1.807, 2.05) is 26.0 Å². The fraction of sp³-hybridized carbons (Fsp3) is 0.375. The van der Waals surface area contributed by atoms with Gasteiger partial charge in [-0.25, -0.2) is 0 Å². The highest BCUT2D eigenvalue weighted by Gasteiger charge is 1.99. The monoisotopic (exact) mass is 216 g/mol. The van der Waals surface area contributed by atoms with E-state index < -0.39 is 0 Å². The lowest BCUT2D eigenvalue weighted by molar-refractivity contribution is 0.794. The quantitative estimate of drug-likeness (QED) is 0.446. The molecule has 0 spiro atoms. The molecule has 0 saturated heterocycles. The van der Waals surface area contributed by atoms with Crippen LogP contribution in [0, 0.1) is 13.3 Å². The summed E-state index contributed by atoms with van der Waals surface area (Å²) in [6, 6.07) is 0. The lowest BCUT2D eigenvalue weighted by atomic mass is 9.98. The van der Waals surface area contributed by atoms with Crippen LogP contribution < -0.4 is 0 Å². The van der Waals surface area contributed by atoms with Gasteiger partial charge in [0.05, 0.1) is 0 Å². The van der Waals surface area contributed by atoms with E-state index in [1.165, 1.54) is 30.4 Å². The first-order valence-corrected chi connectivity index (χ1v) is 6.16. The predicted molar refractivity (Wildman–Crippen MR) is 75.0 cm³/mol. The summed E-state index contributed by atoms with van der Waals surface area (Å²) in [5, 5.41) is 0. The highest BCUT2D eigenvalue weighted by Crippen LogP contribution is 2.18. The van der Waals surface area contributed by atoms with Crippen molar-refractivity contribution in [2.75, 3.05) is 0 Å². The average molecular weight is 216 g/mol. The highest BCUT2D eigenvalue weighted by molar-refractivity contribution is 5.31. The molecule has 88 valence electrons. The summed E-state index contributed by atoms with van der Waals surface area (Å²) in [5.41, 5.74) is 2.64. The van der Waals surface area contributed by atoms with Gasteiger partial charge in [0, 0.05) is 0 Å². The van der Waals surface area contributed by atoms with E-state index in [0.717, 1.165) is 6.42 Å². The first-order valence-electron chi connectivity index (χ1n) is 6.16. The molecule has 0 heteroatoms. The van der Waals surface area contributed by atoms with Gasteiger partial charge in [0.2, 0.25) is 0 Å². The van der Waals surface area contributed by atoms with E-state index in [2.05, 4.69) is 38.2 Å². The first kappa shape index (κ1) is 15.0. The van der Waals surface area contributed by atoms with Crippen molar-refractivity contribution in [3.05, 3.63) is 61.4 Å². The number of rotatable bonds is 4. The third-order valence-electron chi connectivity index (χ3n) is 2.32. The van der Waals surface area contributed by atoms with E-state index in [0.29, 0.717) is 0 Å². The Bertz CT molecular complexity index is 260. The fourth-order valence-corrected chi connectivity index (χ4v) is 1.48. The number of allylic oxidation sites excluding steroid dienone is 7. The van der Waals surface area contributed by atoms with Crippen LogP contribution in [0.4, 0.5) is 0 Å². The van der Waals surface area contributed by atoms with Gasteiger partial charge < -0.3 is 0 Å². The molecule has 0 aromatic rings. The Balaban J connectivity index is 0.00000106. The molecule has 0 aromatic carbocycles. The van der Waals surface area contributed by atoms with Crippen molar-refractivity contribution < 1.29 is 0 Å². The minimum Gasteiger partial charge on any atom is -0.103 e. The van der Waals surface area contributed by atoms with Gasteiger partial charge in [-0.15, -0.1) is 6.58 Å². The zero-order chi connectivity index (χ0) is 12.2. The smallest absolute Gasteiger partial charge is 0.0103 e. The van der Waals surface area contributed by atoms with E-state index in [1.54, 1.807) is 0 Å². The van der Waals surface area contributed by atoms with Crippen LogP contribution in [0.1, 0.15) is 39.5 Å². The lowest BCUT2D eigenvalue weighted by Crippen LogP contribution is -1.89. The molecule has 16 heavy (non-hydrogen) atoms. The normalized spacial score (nSPS) is 16.4. The topological polar surface area (TPSA) is 0 Å². The maximum absolute atomic E-state index is 3.78. The molecule has 0 amide bonds. The second kappa shape index (κ2) is 10.5. The summed E-state index contributed by atoms with van der Waals surface area (Å²) in [6.45, 7) is 11.5. The molecule has 1 rings (SSSR count). The number of hydrogen-bond donors (Lipinski definition) is 0. The van der Waals surface area contributed by atoms with Crippen LogP contribution >= 0.6 is 0 Å². The second-order valence-electron chi connectivity index (χ2n) is 3.47. The maximum atomic E-state index is 3.78. The standard InChI is InChI=1S/C14H18.C2H6/c1-3-8-13(4-2)11-12-14-9-6-5-7-10-14;1-2/h3-4,6,9,11-12H,1-2,5,7-8,10H2;1-2H3/b12-11+,13-4+;. The Morgan fingerprint density at radius 3 is 2.69 bits per heavy atom. The minimum atomic E-state index is 0.900. The largest absolute Gasteiger partial charge is 0.103 e. The predicted octanol–water partition coefficient (Wildman–Crippen LogP) is 5.22. The summed E-state index contributed by atoms with van der Waals surface area (Å²) in [4.78, 5) is 0. The molecule has 0 aliphatic heterocycles. The lowest BCUT2D eigenvalue weighted by Gasteiger charge is -2.08. The highest BCUT2D eigenvalue weighted by atomic mass is 14.0. The van der Waals surface area contributed by atoms with Crippen molar-refractivity contribution in [2.45, 2.75) is 39.5 Å². The SMILES string of the molecule is CC.[CH2]/C=C(/C=C/C1=C[CH]CCC1)CC=C. The third kappa shape index (κ3) is 6.44. The Kier molecular flexibility index (Phi) is 9.80. The summed E-state index contributed by atoms with van der Waals surface area (Å²) in [7, 11) is 0. The molecule has 0 heterocycles. The van der Waals surface area contributed by atoms with Crippen LogP contribution in [0.3, 0.4) is 0 Å². The molecule has 0 aromatic heterocycles. The molecule has 0 N–H and O–H groups in total. The van der Waals surface area contributed by atoms with E-state index in [9.17, 15) is 0 Å². The van der Waals surface area contributed by atoms with Crippen LogP contribution in [0.15, 0.2) is 48.1 Å². The molecule has 0 fully saturated rings. The average Bonchev–Trinajstić information content (AvgIpc) is 2.38. The number of hydrogen-bond acceptors (Lipinski definition) is 0. The van der Waals surface area contributed by atoms with Crippen molar-refractivity contribution >= 4 is 0 Å². The van der Waals surface area contributed by atoms with Gasteiger partial charge in [-0.05, 0) is 44.6 Å². The van der Waals surface area contributed by atoms with Crippen LogP contribution in [-0.4, -0.2) is 0 Å². The fourth-order valence-electron chi connectivity index (χ4n) is 1.48. The van der Waals surface area contributed by atoms with Gasteiger partial charge in [-0.3, -0.25) is 0 Å². The summed E-state index contributed by atoms with van der Waals surface area (Å²) < 4.78 is 0. The van der Waals surface area contributed by atoms with Gasteiger partial charge in [-0.2, -0.15) is 0 Å². The molecule has 0 saturated carbocycles. The first-order chi connectivity index (χ1) is 7.86. The van der Waals surface area contributed by atoms with Gasteiger partial charge in [0.15, 0.2) is 0 Å².